The second-order valence-electron chi connectivity index (χ2n) is 20.0. The lowest BCUT2D eigenvalue weighted by atomic mass is 10.0. The van der Waals surface area contributed by atoms with Crippen LogP contribution in [0, 0.1) is 0 Å². The Morgan fingerprint density at radius 2 is 0.788 bits per heavy atom. The number of ether oxygens (including phenoxy) is 1. The molecule has 6 heteroatoms. The van der Waals surface area contributed by atoms with E-state index in [4.69, 9.17) is 4.74 Å². The minimum absolute atomic E-state index is 0.0258. The van der Waals surface area contributed by atoms with Gasteiger partial charge in [-0.1, -0.05) is 275 Å². The van der Waals surface area contributed by atoms with Gasteiger partial charge < -0.3 is 20.3 Å². The average molecular weight is 929 g/mol. The first-order chi connectivity index (χ1) is 32.5. The second-order valence-corrected chi connectivity index (χ2v) is 20.0. The number of amides is 1. The number of carbonyl (C=O) groups excluding carboxylic acids is 2. The molecule has 0 aromatic rings. The van der Waals surface area contributed by atoms with Crippen LogP contribution in [0.2, 0.25) is 0 Å². The predicted molar refractivity (Wildman–Crippen MR) is 287 cm³/mol. The highest BCUT2D eigenvalue weighted by atomic mass is 16.5. The Kier molecular flexibility index (Phi) is 54.1. The van der Waals surface area contributed by atoms with Gasteiger partial charge in [0.25, 0.3) is 0 Å². The molecular weight excluding hydrogens is 815 g/mol. The molecule has 0 aromatic heterocycles. The number of esters is 1. The van der Waals surface area contributed by atoms with Crippen molar-refractivity contribution in [3.05, 3.63) is 36.5 Å². The van der Waals surface area contributed by atoms with Gasteiger partial charge in [-0.05, 0) is 57.8 Å². The van der Waals surface area contributed by atoms with Crippen molar-refractivity contribution in [2.24, 2.45) is 0 Å². The Morgan fingerprint density at radius 1 is 0.424 bits per heavy atom. The van der Waals surface area contributed by atoms with E-state index in [9.17, 15) is 19.8 Å². The van der Waals surface area contributed by atoms with Gasteiger partial charge in [0.1, 0.15) is 0 Å². The van der Waals surface area contributed by atoms with Crippen molar-refractivity contribution in [1.82, 2.24) is 5.32 Å². The third-order valence-electron chi connectivity index (χ3n) is 13.4. The number of hydrogen-bond acceptors (Lipinski definition) is 5. The molecule has 0 heterocycles. The molecule has 0 saturated carbocycles. The van der Waals surface area contributed by atoms with Gasteiger partial charge in [0.15, 0.2) is 0 Å². The minimum atomic E-state index is -0.857. The normalized spacial score (nSPS) is 12.8. The Bertz CT molecular complexity index is 1070. The van der Waals surface area contributed by atoms with Crippen LogP contribution in [0.5, 0.6) is 0 Å². The van der Waals surface area contributed by atoms with Crippen LogP contribution >= 0.6 is 0 Å². The fourth-order valence-electron chi connectivity index (χ4n) is 8.91. The van der Waals surface area contributed by atoms with Crippen molar-refractivity contribution >= 4 is 11.9 Å². The van der Waals surface area contributed by atoms with E-state index in [1.165, 1.54) is 212 Å². The third kappa shape index (κ3) is 51.5. The van der Waals surface area contributed by atoms with E-state index >= 15 is 0 Å². The SMILES string of the molecule is CCC/C=C\C/C=C\CCCCCCCC(=O)OCCCCCCCCCCCCCCC(=O)NC(CO)C(O)/C=C/CCCCCCCCCCCCCCCCCCCCCCCC. The summed E-state index contributed by atoms with van der Waals surface area (Å²) < 4.78 is 5.45. The molecule has 1 amide bonds. The van der Waals surface area contributed by atoms with Gasteiger partial charge in [-0.3, -0.25) is 9.59 Å². The number of carbonyl (C=O) groups is 2. The highest BCUT2D eigenvalue weighted by Gasteiger charge is 2.18. The predicted octanol–water partition coefficient (Wildman–Crippen LogP) is 18.0. The smallest absolute Gasteiger partial charge is 0.305 e. The Hall–Kier alpha value is -1.92. The molecule has 0 fully saturated rings. The molecule has 388 valence electrons. The molecule has 0 aromatic carbocycles. The first-order valence-electron chi connectivity index (χ1n) is 29.3. The maximum Gasteiger partial charge on any atom is 0.305 e. The zero-order chi connectivity index (χ0) is 47.9. The fourth-order valence-corrected chi connectivity index (χ4v) is 8.91. The summed E-state index contributed by atoms with van der Waals surface area (Å²) in [6.45, 7) is 4.81. The Balaban J connectivity index is 3.50. The van der Waals surface area contributed by atoms with Crippen molar-refractivity contribution in [3.8, 4) is 0 Å². The molecule has 2 unspecified atom stereocenters. The van der Waals surface area contributed by atoms with Crippen LogP contribution in [0.3, 0.4) is 0 Å². The highest BCUT2D eigenvalue weighted by molar-refractivity contribution is 5.76. The van der Waals surface area contributed by atoms with E-state index in [0.717, 1.165) is 70.6 Å². The minimum Gasteiger partial charge on any atom is -0.466 e. The molecule has 6 nitrogen and oxygen atoms in total. The summed E-state index contributed by atoms with van der Waals surface area (Å²) in [5.74, 6) is -0.108. The van der Waals surface area contributed by atoms with E-state index < -0.39 is 12.1 Å². The molecule has 0 rings (SSSR count). The maximum absolute atomic E-state index is 12.5. The molecule has 0 saturated heterocycles. The number of aliphatic hydroxyl groups excluding tert-OH is 2. The van der Waals surface area contributed by atoms with Crippen LogP contribution in [0.1, 0.15) is 309 Å². The molecule has 0 radical (unpaired) electrons. The number of hydrogen-bond donors (Lipinski definition) is 3. The quantitative estimate of drug-likeness (QED) is 0.0321. The van der Waals surface area contributed by atoms with Crippen LogP contribution in [0.4, 0.5) is 0 Å². The lowest BCUT2D eigenvalue weighted by Crippen LogP contribution is -2.45. The van der Waals surface area contributed by atoms with E-state index in [-0.39, 0.29) is 18.5 Å². The van der Waals surface area contributed by atoms with E-state index in [1.54, 1.807) is 6.08 Å². The number of nitrogens with one attached hydrogen (secondary N) is 1. The first-order valence-corrected chi connectivity index (χ1v) is 29.3. The second kappa shape index (κ2) is 55.7. The zero-order valence-corrected chi connectivity index (χ0v) is 44.2. The van der Waals surface area contributed by atoms with Gasteiger partial charge in [-0.15, -0.1) is 0 Å². The van der Waals surface area contributed by atoms with Crippen LogP contribution < -0.4 is 5.32 Å². The average Bonchev–Trinajstić information content (AvgIpc) is 3.32. The third-order valence-corrected chi connectivity index (χ3v) is 13.4. The molecular formula is C60H113NO5. The summed E-state index contributed by atoms with van der Waals surface area (Å²) in [6, 6.07) is -0.642. The van der Waals surface area contributed by atoms with Gasteiger partial charge in [0.2, 0.25) is 5.91 Å². The van der Waals surface area contributed by atoms with Crippen molar-refractivity contribution < 1.29 is 24.5 Å². The molecule has 0 aliphatic carbocycles. The van der Waals surface area contributed by atoms with E-state index in [2.05, 4.69) is 43.5 Å². The summed E-state index contributed by atoms with van der Waals surface area (Å²) in [5.41, 5.74) is 0. The van der Waals surface area contributed by atoms with Crippen LogP contribution in [0.15, 0.2) is 36.5 Å². The molecule has 0 aliphatic rings. The molecule has 2 atom stereocenters. The molecule has 0 aliphatic heterocycles. The zero-order valence-electron chi connectivity index (χ0n) is 44.2. The number of aliphatic hydroxyl groups is 2. The number of rotatable bonds is 54. The Morgan fingerprint density at radius 3 is 1.21 bits per heavy atom. The summed E-state index contributed by atoms with van der Waals surface area (Å²) >= 11 is 0. The van der Waals surface area contributed by atoms with Gasteiger partial charge in [-0.2, -0.15) is 0 Å². The van der Waals surface area contributed by atoms with Crippen LogP contribution in [0.25, 0.3) is 0 Å². The monoisotopic (exact) mass is 928 g/mol. The molecule has 0 bridgehead atoms. The van der Waals surface area contributed by atoms with Gasteiger partial charge in [0.05, 0.1) is 25.4 Å². The summed E-state index contributed by atoms with van der Waals surface area (Å²) in [7, 11) is 0. The summed E-state index contributed by atoms with van der Waals surface area (Å²) in [6.07, 6.45) is 68.8. The van der Waals surface area contributed by atoms with Gasteiger partial charge in [0, 0.05) is 12.8 Å². The van der Waals surface area contributed by atoms with Crippen molar-refractivity contribution in [2.75, 3.05) is 13.2 Å². The molecule has 3 N–H and O–H groups in total. The lowest BCUT2D eigenvalue weighted by molar-refractivity contribution is -0.143. The summed E-state index contributed by atoms with van der Waals surface area (Å²) in [4.78, 5) is 24.5. The number of allylic oxidation sites excluding steroid dienone is 5. The first kappa shape index (κ1) is 64.1. The maximum atomic E-state index is 12.5. The van der Waals surface area contributed by atoms with Crippen LogP contribution in [-0.4, -0.2) is 47.4 Å². The van der Waals surface area contributed by atoms with Crippen molar-refractivity contribution in [1.29, 1.82) is 0 Å². The standard InChI is InChI=1S/C60H113NO5/c1-3-5-7-9-11-13-15-17-18-19-20-21-22-23-24-25-26-27-29-32-36-40-44-48-52-58(63)57(56-62)61-59(64)53-49-45-41-37-33-30-31-35-39-43-47-51-55-66-60(65)54-50-46-42-38-34-28-16-14-12-10-8-6-4-2/h8,10,14,16,48,52,57-58,62-63H,3-7,9,11-13,15,17-47,49-51,53-56H2,1-2H3,(H,61,64)/b10-8-,16-14-,52-48+. The Labute approximate surface area is 411 Å². The van der Waals surface area contributed by atoms with Gasteiger partial charge in [-0.25, -0.2) is 0 Å². The van der Waals surface area contributed by atoms with Crippen LogP contribution in [-0.2, 0) is 14.3 Å². The van der Waals surface area contributed by atoms with Gasteiger partial charge >= 0.3 is 5.97 Å². The van der Waals surface area contributed by atoms with Crippen molar-refractivity contribution in [3.63, 3.8) is 0 Å². The molecule has 0 spiro atoms. The van der Waals surface area contributed by atoms with E-state index in [0.29, 0.717) is 19.4 Å². The highest BCUT2D eigenvalue weighted by Crippen LogP contribution is 2.17. The van der Waals surface area contributed by atoms with E-state index in [1.807, 2.05) is 6.08 Å². The largest absolute Gasteiger partial charge is 0.466 e. The number of unbranched alkanes of at least 4 members (excludes halogenated alkanes) is 39. The molecule has 66 heavy (non-hydrogen) atoms. The van der Waals surface area contributed by atoms with Crippen molar-refractivity contribution in [2.45, 2.75) is 321 Å². The topological polar surface area (TPSA) is 95.9 Å². The summed E-state index contributed by atoms with van der Waals surface area (Å²) in [5, 5.41) is 23.2. The lowest BCUT2D eigenvalue weighted by Gasteiger charge is -2.20. The fraction of sp³-hybridized carbons (Fsp3) is 0.867.